The van der Waals surface area contributed by atoms with Crippen LogP contribution in [0.1, 0.15) is 73.6 Å². The van der Waals surface area contributed by atoms with Crippen LogP contribution in [0.3, 0.4) is 0 Å². The largest absolute Gasteiger partial charge is 0.312 e. The van der Waals surface area contributed by atoms with Crippen LogP contribution in [0.5, 0.6) is 0 Å². The van der Waals surface area contributed by atoms with E-state index in [9.17, 15) is 0 Å². The SMILES string of the molecule is CSCCCC1CC(C(C)(C)C)CCC1CNC(C)(C)C. The zero-order valence-corrected chi connectivity index (χ0v) is 16.4. The van der Waals surface area contributed by atoms with E-state index in [0.29, 0.717) is 5.41 Å². The lowest BCUT2D eigenvalue weighted by molar-refractivity contribution is 0.0891. The van der Waals surface area contributed by atoms with Crippen molar-refractivity contribution in [2.24, 2.45) is 23.2 Å². The maximum Gasteiger partial charge on any atom is 0.00966 e. The van der Waals surface area contributed by atoms with E-state index in [1.165, 1.54) is 44.4 Å². The van der Waals surface area contributed by atoms with Gasteiger partial charge in [0, 0.05) is 5.54 Å². The summed E-state index contributed by atoms with van der Waals surface area (Å²) >= 11 is 2.00. The molecule has 0 amide bonds. The normalized spacial score (nSPS) is 27.9. The summed E-state index contributed by atoms with van der Waals surface area (Å²) in [7, 11) is 0. The van der Waals surface area contributed by atoms with Crippen molar-refractivity contribution >= 4 is 11.8 Å². The first-order valence-corrected chi connectivity index (χ1v) is 10.3. The molecule has 0 aromatic carbocycles. The second-order valence-electron chi connectivity index (χ2n) is 9.16. The Morgan fingerprint density at radius 3 is 2.19 bits per heavy atom. The topological polar surface area (TPSA) is 12.0 Å². The van der Waals surface area contributed by atoms with Gasteiger partial charge in [0.1, 0.15) is 0 Å². The molecular formula is C19H39NS. The molecular weight excluding hydrogens is 274 g/mol. The van der Waals surface area contributed by atoms with Crippen LogP contribution in [-0.2, 0) is 0 Å². The number of hydrogen-bond acceptors (Lipinski definition) is 2. The summed E-state index contributed by atoms with van der Waals surface area (Å²) in [5.41, 5.74) is 0.741. The summed E-state index contributed by atoms with van der Waals surface area (Å²) in [6, 6.07) is 0. The van der Waals surface area contributed by atoms with Crippen molar-refractivity contribution in [2.45, 2.75) is 79.2 Å². The lowest BCUT2D eigenvalue weighted by Gasteiger charge is -2.43. The number of rotatable bonds is 6. The van der Waals surface area contributed by atoms with E-state index in [0.717, 1.165) is 17.8 Å². The molecule has 1 N–H and O–H groups in total. The van der Waals surface area contributed by atoms with Crippen molar-refractivity contribution in [1.29, 1.82) is 0 Å². The van der Waals surface area contributed by atoms with Crippen LogP contribution < -0.4 is 5.32 Å². The average Bonchev–Trinajstić information content (AvgIpc) is 2.35. The van der Waals surface area contributed by atoms with Gasteiger partial charge in [-0.1, -0.05) is 20.8 Å². The molecule has 0 aliphatic heterocycles. The molecule has 0 radical (unpaired) electrons. The summed E-state index contributed by atoms with van der Waals surface area (Å²) in [5, 5.41) is 3.76. The fraction of sp³-hybridized carbons (Fsp3) is 1.00. The zero-order chi connectivity index (χ0) is 16.1. The van der Waals surface area contributed by atoms with E-state index in [2.05, 4.69) is 53.1 Å². The molecule has 0 heterocycles. The van der Waals surface area contributed by atoms with Crippen molar-refractivity contribution in [1.82, 2.24) is 5.32 Å². The minimum absolute atomic E-state index is 0.255. The van der Waals surface area contributed by atoms with E-state index in [1.807, 2.05) is 11.8 Å². The average molecular weight is 314 g/mol. The van der Waals surface area contributed by atoms with Crippen molar-refractivity contribution in [2.75, 3.05) is 18.6 Å². The van der Waals surface area contributed by atoms with Crippen LogP contribution in [0.25, 0.3) is 0 Å². The molecule has 2 heteroatoms. The number of hydrogen-bond donors (Lipinski definition) is 1. The van der Waals surface area contributed by atoms with Gasteiger partial charge in [-0.3, -0.25) is 0 Å². The first kappa shape index (κ1) is 19.4. The molecule has 0 spiro atoms. The number of thioether (sulfide) groups is 1. The van der Waals surface area contributed by atoms with Crippen LogP contribution in [0.2, 0.25) is 0 Å². The lowest BCUT2D eigenvalue weighted by atomic mass is 9.64. The molecule has 0 bridgehead atoms. The molecule has 126 valence electrons. The molecule has 1 fully saturated rings. The second kappa shape index (κ2) is 8.24. The molecule has 0 aromatic heterocycles. The standard InChI is InChI=1S/C19H39NS/c1-18(2,3)17-11-10-16(14-20-19(4,5)6)15(13-17)9-8-12-21-7/h15-17,20H,8-14H2,1-7H3. The predicted molar refractivity (Wildman–Crippen MR) is 99.1 cm³/mol. The Labute approximate surface area is 138 Å². The van der Waals surface area contributed by atoms with Crippen LogP contribution in [-0.4, -0.2) is 24.1 Å². The van der Waals surface area contributed by atoms with Gasteiger partial charge in [-0.2, -0.15) is 11.8 Å². The van der Waals surface area contributed by atoms with Gasteiger partial charge in [0.15, 0.2) is 0 Å². The fourth-order valence-electron chi connectivity index (χ4n) is 3.66. The molecule has 0 aromatic rings. The van der Waals surface area contributed by atoms with Gasteiger partial charge in [0.05, 0.1) is 0 Å². The maximum atomic E-state index is 3.76. The van der Waals surface area contributed by atoms with E-state index >= 15 is 0 Å². The highest BCUT2D eigenvalue weighted by Crippen LogP contribution is 2.44. The highest BCUT2D eigenvalue weighted by Gasteiger charge is 2.35. The zero-order valence-electron chi connectivity index (χ0n) is 15.6. The molecule has 0 saturated heterocycles. The van der Waals surface area contributed by atoms with Crippen LogP contribution in [0.15, 0.2) is 0 Å². The summed E-state index contributed by atoms with van der Waals surface area (Å²) in [5.74, 6) is 4.08. The van der Waals surface area contributed by atoms with E-state index in [-0.39, 0.29) is 5.54 Å². The van der Waals surface area contributed by atoms with E-state index < -0.39 is 0 Å². The Morgan fingerprint density at radius 1 is 1.00 bits per heavy atom. The second-order valence-corrected chi connectivity index (χ2v) is 10.1. The van der Waals surface area contributed by atoms with Crippen molar-refractivity contribution in [3.8, 4) is 0 Å². The smallest absolute Gasteiger partial charge is 0.00966 e. The third kappa shape index (κ3) is 7.41. The van der Waals surface area contributed by atoms with Crippen LogP contribution >= 0.6 is 11.8 Å². The molecule has 1 aliphatic carbocycles. The highest BCUT2D eigenvalue weighted by molar-refractivity contribution is 7.98. The Balaban J connectivity index is 2.59. The molecule has 3 unspecified atom stereocenters. The predicted octanol–water partition coefficient (Wildman–Crippen LogP) is 5.60. The Hall–Kier alpha value is 0.310. The minimum Gasteiger partial charge on any atom is -0.312 e. The highest BCUT2D eigenvalue weighted by atomic mass is 32.2. The van der Waals surface area contributed by atoms with Gasteiger partial charge < -0.3 is 5.32 Å². The summed E-state index contributed by atoms with van der Waals surface area (Å²) in [4.78, 5) is 0. The third-order valence-electron chi connectivity index (χ3n) is 5.18. The van der Waals surface area contributed by atoms with Gasteiger partial charge >= 0.3 is 0 Å². The van der Waals surface area contributed by atoms with Crippen molar-refractivity contribution < 1.29 is 0 Å². The molecule has 21 heavy (non-hydrogen) atoms. The monoisotopic (exact) mass is 313 g/mol. The fourth-order valence-corrected chi connectivity index (χ4v) is 4.12. The quantitative estimate of drug-likeness (QED) is 0.641. The minimum atomic E-state index is 0.255. The Bertz CT molecular complexity index is 287. The van der Waals surface area contributed by atoms with Gasteiger partial charge in [-0.05, 0) is 94.6 Å². The molecule has 1 aliphatic rings. The summed E-state index contributed by atoms with van der Waals surface area (Å²) < 4.78 is 0. The van der Waals surface area contributed by atoms with Crippen LogP contribution in [0, 0.1) is 23.2 Å². The Morgan fingerprint density at radius 2 is 1.67 bits per heavy atom. The lowest BCUT2D eigenvalue weighted by Crippen LogP contribution is -2.43. The van der Waals surface area contributed by atoms with E-state index in [4.69, 9.17) is 0 Å². The summed E-state index contributed by atoms with van der Waals surface area (Å²) in [6.45, 7) is 15.4. The van der Waals surface area contributed by atoms with Gasteiger partial charge in [-0.25, -0.2) is 0 Å². The summed E-state index contributed by atoms with van der Waals surface area (Å²) in [6.07, 6.45) is 9.37. The van der Waals surface area contributed by atoms with Crippen molar-refractivity contribution in [3.05, 3.63) is 0 Å². The first-order valence-electron chi connectivity index (χ1n) is 8.87. The van der Waals surface area contributed by atoms with Gasteiger partial charge in [0.25, 0.3) is 0 Å². The molecule has 3 atom stereocenters. The van der Waals surface area contributed by atoms with Crippen LogP contribution in [0.4, 0.5) is 0 Å². The molecule has 1 rings (SSSR count). The Kier molecular flexibility index (Phi) is 7.60. The van der Waals surface area contributed by atoms with Gasteiger partial charge in [-0.15, -0.1) is 0 Å². The maximum absolute atomic E-state index is 3.76. The molecule has 1 saturated carbocycles. The molecule has 1 nitrogen and oxygen atoms in total. The van der Waals surface area contributed by atoms with E-state index in [1.54, 1.807) is 0 Å². The van der Waals surface area contributed by atoms with Crippen molar-refractivity contribution in [3.63, 3.8) is 0 Å². The number of nitrogens with one attached hydrogen (secondary N) is 1. The van der Waals surface area contributed by atoms with Gasteiger partial charge in [0.2, 0.25) is 0 Å². The first-order chi connectivity index (χ1) is 9.63. The third-order valence-corrected chi connectivity index (χ3v) is 5.88.